The average molecular weight is 371 g/mol. The van der Waals surface area contributed by atoms with Crippen molar-refractivity contribution in [3.63, 3.8) is 0 Å². The van der Waals surface area contributed by atoms with Gasteiger partial charge in [-0.1, -0.05) is 37.6 Å². The van der Waals surface area contributed by atoms with Gasteiger partial charge in [-0.25, -0.2) is 0 Å². The minimum absolute atomic E-state index is 0. The molecule has 1 aliphatic carbocycles. The lowest BCUT2D eigenvalue weighted by molar-refractivity contribution is -0.124. The summed E-state index contributed by atoms with van der Waals surface area (Å²) >= 11 is 5.99. The first-order valence-corrected chi connectivity index (χ1v) is 9.14. The van der Waals surface area contributed by atoms with Gasteiger partial charge in [-0.15, -0.1) is 12.4 Å². The number of carbonyl (C=O) groups excluding carboxylic acids is 1. The molecule has 0 aromatic heterocycles. The van der Waals surface area contributed by atoms with Crippen molar-refractivity contribution in [2.75, 3.05) is 13.1 Å². The highest BCUT2D eigenvalue weighted by atomic mass is 35.5. The standard InChI is InChI=1S/C19H27ClN2O.ClH/c1-13(2)11-17(14-3-5-15(20)6-4-14)22-18(23)16-12-19(16)7-9-21-10-8-19;/h3-6,13,16-17,21H,7-12H2,1-2H3,(H,22,23);1H. The predicted molar refractivity (Wildman–Crippen MR) is 102 cm³/mol. The van der Waals surface area contributed by atoms with E-state index in [0.717, 1.165) is 49.4 Å². The van der Waals surface area contributed by atoms with E-state index in [9.17, 15) is 4.79 Å². The molecule has 1 saturated carbocycles. The zero-order valence-corrected chi connectivity index (χ0v) is 16.1. The smallest absolute Gasteiger partial charge is 0.224 e. The number of halogens is 2. The van der Waals surface area contributed by atoms with Crippen LogP contribution in [0, 0.1) is 17.3 Å². The molecule has 2 fully saturated rings. The second kappa shape index (κ2) is 8.07. The van der Waals surface area contributed by atoms with Crippen LogP contribution in [0.25, 0.3) is 0 Å². The third kappa shape index (κ3) is 4.44. The van der Waals surface area contributed by atoms with Gasteiger partial charge < -0.3 is 10.6 Å². The number of carbonyl (C=O) groups is 1. The summed E-state index contributed by atoms with van der Waals surface area (Å²) in [6.07, 6.45) is 4.30. The lowest BCUT2D eigenvalue weighted by atomic mass is 9.91. The van der Waals surface area contributed by atoms with Crippen LogP contribution in [0.1, 0.15) is 51.1 Å². The minimum Gasteiger partial charge on any atom is -0.349 e. The summed E-state index contributed by atoms with van der Waals surface area (Å²) in [5.74, 6) is 0.988. The van der Waals surface area contributed by atoms with Crippen molar-refractivity contribution in [3.05, 3.63) is 34.9 Å². The zero-order chi connectivity index (χ0) is 16.4. The molecule has 1 spiro atoms. The number of hydrogen-bond donors (Lipinski definition) is 2. The Hall–Kier alpha value is -0.770. The van der Waals surface area contributed by atoms with Crippen molar-refractivity contribution in [2.24, 2.45) is 17.3 Å². The van der Waals surface area contributed by atoms with E-state index in [4.69, 9.17) is 11.6 Å². The van der Waals surface area contributed by atoms with Crippen molar-refractivity contribution >= 4 is 29.9 Å². The number of amides is 1. The van der Waals surface area contributed by atoms with Gasteiger partial charge in [0.15, 0.2) is 0 Å². The number of hydrogen-bond acceptors (Lipinski definition) is 2. The number of nitrogens with one attached hydrogen (secondary N) is 2. The van der Waals surface area contributed by atoms with Gasteiger partial charge in [0.1, 0.15) is 0 Å². The molecule has 1 amide bonds. The average Bonchev–Trinajstić information content (AvgIpc) is 3.21. The van der Waals surface area contributed by atoms with Gasteiger partial charge in [0.2, 0.25) is 5.91 Å². The number of benzene rings is 1. The molecule has 1 aromatic carbocycles. The second-order valence-corrected chi connectivity index (χ2v) is 8.05. The highest BCUT2D eigenvalue weighted by Gasteiger charge is 2.57. The van der Waals surface area contributed by atoms with E-state index in [1.165, 1.54) is 0 Å². The van der Waals surface area contributed by atoms with E-state index in [2.05, 4.69) is 24.5 Å². The normalized spacial score (nSPS) is 22.8. The molecular weight excluding hydrogens is 343 g/mol. The third-order valence-electron chi connectivity index (χ3n) is 5.40. The molecule has 2 aliphatic rings. The molecule has 2 unspecified atom stereocenters. The molecule has 134 valence electrons. The van der Waals surface area contributed by atoms with Crippen molar-refractivity contribution in [1.82, 2.24) is 10.6 Å². The molecule has 1 heterocycles. The Morgan fingerprint density at radius 3 is 2.50 bits per heavy atom. The summed E-state index contributed by atoms with van der Waals surface area (Å²) in [4.78, 5) is 12.8. The van der Waals surface area contributed by atoms with Crippen LogP contribution < -0.4 is 10.6 Å². The Morgan fingerprint density at radius 2 is 1.92 bits per heavy atom. The Kier molecular flexibility index (Phi) is 6.58. The van der Waals surface area contributed by atoms with Crippen LogP contribution >= 0.6 is 24.0 Å². The maximum atomic E-state index is 12.8. The van der Waals surface area contributed by atoms with Crippen LogP contribution in [0.3, 0.4) is 0 Å². The lowest BCUT2D eigenvalue weighted by Crippen LogP contribution is -2.35. The van der Waals surface area contributed by atoms with Crippen molar-refractivity contribution in [3.8, 4) is 0 Å². The van der Waals surface area contributed by atoms with E-state index < -0.39 is 0 Å². The molecule has 0 bridgehead atoms. The van der Waals surface area contributed by atoms with E-state index >= 15 is 0 Å². The Morgan fingerprint density at radius 1 is 1.29 bits per heavy atom. The molecule has 0 radical (unpaired) electrons. The molecule has 2 N–H and O–H groups in total. The Labute approximate surface area is 156 Å². The molecule has 5 heteroatoms. The SMILES string of the molecule is CC(C)CC(NC(=O)C1CC12CCNCC2)c1ccc(Cl)cc1.Cl. The topological polar surface area (TPSA) is 41.1 Å². The molecule has 1 saturated heterocycles. The van der Waals surface area contributed by atoms with E-state index in [1.807, 2.05) is 24.3 Å². The van der Waals surface area contributed by atoms with Gasteiger partial charge in [0.05, 0.1) is 6.04 Å². The zero-order valence-electron chi connectivity index (χ0n) is 14.5. The number of piperidine rings is 1. The summed E-state index contributed by atoms with van der Waals surface area (Å²) in [6.45, 7) is 6.49. The van der Waals surface area contributed by atoms with Gasteiger partial charge in [-0.2, -0.15) is 0 Å². The first-order valence-electron chi connectivity index (χ1n) is 8.77. The Balaban J connectivity index is 0.00000208. The van der Waals surface area contributed by atoms with E-state index in [-0.39, 0.29) is 35.7 Å². The van der Waals surface area contributed by atoms with Crippen LogP contribution in [0.15, 0.2) is 24.3 Å². The van der Waals surface area contributed by atoms with E-state index in [1.54, 1.807) is 0 Å². The van der Waals surface area contributed by atoms with E-state index in [0.29, 0.717) is 5.92 Å². The van der Waals surface area contributed by atoms with Crippen LogP contribution in [0.2, 0.25) is 5.02 Å². The van der Waals surface area contributed by atoms with Crippen LogP contribution in [0.5, 0.6) is 0 Å². The fraction of sp³-hybridized carbons (Fsp3) is 0.632. The molecule has 2 atom stereocenters. The van der Waals surface area contributed by atoms with Crippen molar-refractivity contribution in [2.45, 2.75) is 45.6 Å². The fourth-order valence-electron chi connectivity index (χ4n) is 3.91. The molecular formula is C19H28Cl2N2O. The van der Waals surface area contributed by atoms with Crippen LogP contribution in [-0.2, 0) is 4.79 Å². The first-order chi connectivity index (χ1) is 11.0. The Bertz CT molecular complexity index is 553. The van der Waals surface area contributed by atoms with Crippen LogP contribution in [-0.4, -0.2) is 19.0 Å². The number of rotatable bonds is 5. The van der Waals surface area contributed by atoms with Crippen molar-refractivity contribution < 1.29 is 4.79 Å². The monoisotopic (exact) mass is 370 g/mol. The summed E-state index contributed by atoms with van der Waals surface area (Å²) in [6, 6.07) is 7.95. The van der Waals surface area contributed by atoms with Crippen molar-refractivity contribution in [1.29, 1.82) is 0 Å². The minimum atomic E-state index is 0. The molecule has 1 aromatic rings. The summed E-state index contributed by atoms with van der Waals surface area (Å²) in [7, 11) is 0. The predicted octanol–water partition coefficient (Wildman–Crippen LogP) is 4.35. The first kappa shape index (κ1) is 19.6. The van der Waals surface area contributed by atoms with Gasteiger partial charge in [0, 0.05) is 10.9 Å². The quantitative estimate of drug-likeness (QED) is 0.808. The summed E-state index contributed by atoms with van der Waals surface area (Å²) in [5, 5.41) is 7.44. The maximum absolute atomic E-state index is 12.8. The van der Waals surface area contributed by atoms with Gasteiger partial charge in [-0.05, 0) is 67.8 Å². The highest BCUT2D eigenvalue weighted by Crippen LogP contribution is 2.58. The lowest BCUT2D eigenvalue weighted by Gasteiger charge is -2.25. The fourth-order valence-corrected chi connectivity index (χ4v) is 4.04. The summed E-state index contributed by atoms with van der Waals surface area (Å²) in [5.41, 5.74) is 1.44. The molecule has 3 nitrogen and oxygen atoms in total. The molecule has 24 heavy (non-hydrogen) atoms. The second-order valence-electron chi connectivity index (χ2n) is 7.61. The largest absolute Gasteiger partial charge is 0.349 e. The molecule has 3 rings (SSSR count). The van der Waals surface area contributed by atoms with Crippen LogP contribution in [0.4, 0.5) is 0 Å². The molecule has 1 aliphatic heterocycles. The summed E-state index contributed by atoms with van der Waals surface area (Å²) < 4.78 is 0. The van der Waals surface area contributed by atoms with Gasteiger partial charge >= 0.3 is 0 Å². The van der Waals surface area contributed by atoms with Gasteiger partial charge in [-0.3, -0.25) is 4.79 Å². The third-order valence-corrected chi connectivity index (χ3v) is 5.65. The highest BCUT2D eigenvalue weighted by molar-refractivity contribution is 6.30. The maximum Gasteiger partial charge on any atom is 0.224 e. The van der Waals surface area contributed by atoms with Gasteiger partial charge in [0.25, 0.3) is 0 Å².